The lowest BCUT2D eigenvalue weighted by Gasteiger charge is -2.53. The number of thiazole rings is 1. The van der Waals surface area contributed by atoms with Crippen LogP contribution < -0.4 is 0 Å². The van der Waals surface area contributed by atoms with Crippen LogP contribution in [0.3, 0.4) is 0 Å². The second-order valence-corrected chi connectivity index (χ2v) is 11.8. The third-order valence-electron chi connectivity index (χ3n) is 8.04. The van der Waals surface area contributed by atoms with Crippen molar-refractivity contribution in [3.8, 4) is 10.6 Å². The first-order valence-electron chi connectivity index (χ1n) is 11.5. The topological polar surface area (TPSA) is 62.7 Å². The van der Waals surface area contributed by atoms with Crippen LogP contribution in [-0.4, -0.2) is 53.3 Å². The Morgan fingerprint density at radius 2 is 2.16 bits per heavy atom. The van der Waals surface area contributed by atoms with Gasteiger partial charge in [0.15, 0.2) is 0 Å². The number of carbonyl (C=O) groups is 1. The smallest absolute Gasteiger partial charge is 0.225 e. The monoisotopic (exact) mass is 460 g/mol. The lowest BCUT2D eigenvalue weighted by molar-refractivity contribution is -0.148. The summed E-state index contributed by atoms with van der Waals surface area (Å²) in [5.41, 5.74) is 2.43. The number of aliphatic hydroxyl groups is 1. The van der Waals surface area contributed by atoms with Gasteiger partial charge in [0.1, 0.15) is 5.01 Å². The number of hydrogen-bond donors (Lipinski definition) is 1. The van der Waals surface area contributed by atoms with E-state index in [4.69, 9.17) is 9.72 Å². The van der Waals surface area contributed by atoms with Gasteiger partial charge in [0.2, 0.25) is 5.91 Å². The molecule has 0 aromatic carbocycles. The summed E-state index contributed by atoms with van der Waals surface area (Å²) in [5.74, 6) is 0.348. The van der Waals surface area contributed by atoms with Gasteiger partial charge in [-0.15, -0.1) is 11.3 Å². The molecule has 2 aliphatic carbocycles. The van der Waals surface area contributed by atoms with Crippen LogP contribution in [0, 0.1) is 23.2 Å². The third-order valence-corrected chi connectivity index (χ3v) is 9.85. The van der Waals surface area contributed by atoms with Crippen molar-refractivity contribution in [1.82, 2.24) is 9.88 Å². The Bertz CT molecular complexity index is 937. The van der Waals surface area contributed by atoms with Crippen LogP contribution in [0.5, 0.6) is 0 Å². The van der Waals surface area contributed by atoms with Gasteiger partial charge in [-0.2, -0.15) is 11.3 Å². The van der Waals surface area contributed by atoms with Gasteiger partial charge in [0.25, 0.3) is 0 Å². The average Bonchev–Trinajstić information content (AvgIpc) is 3.43. The molecule has 2 aromatic heterocycles. The maximum absolute atomic E-state index is 13.1. The summed E-state index contributed by atoms with van der Waals surface area (Å²) < 4.78 is 5.41. The van der Waals surface area contributed by atoms with Crippen molar-refractivity contribution in [2.75, 3.05) is 26.3 Å². The summed E-state index contributed by atoms with van der Waals surface area (Å²) in [4.78, 5) is 21.5. The lowest BCUT2D eigenvalue weighted by Crippen LogP contribution is -2.54. The van der Waals surface area contributed by atoms with Crippen LogP contribution in [0.15, 0.2) is 16.8 Å². The highest BCUT2D eigenvalue weighted by Gasteiger charge is 2.54. The van der Waals surface area contributed by atoms with Crippen molar-refractivity contribution < 1.29 is 14.6 Å². The van der Waals surface area contributed by atoms with Crippen molar-refractivity contribution >= 4 is 28.6 Å². The number of amides is 1. The molecule has 2 fully saturated rings. The van der Waals surface area contributed by atoms with Crippen molar-refractivity contribution in [1.29, 1.82) is 0 Å². The first-order chi connectivity index (χ1) is 14.9. The van der Waals surface area contributed by atoms with Gasteiger partial charge >= 0.3 is 0 Å². The Balaban J connectivity index is 1.40. The molecular formula is C24H32N2O3S2. The van der Waals surface area contributed by atoms with Crippen LogP contribution in [0.4, 0.5) is 0 Å². The van der Waals surface area contributed by atoms with E-state index >= 15 is 0 Å². The summed E-state index contributed by atoms with van der Waals surface area (Å²) in [6.45, 7) is 9.15. The zero-order chi connectivity index (χ0) is 21.8. The molecule has 0 bridgehead atoms. The molecule has 0 unspecified atom stereocenters. The SMILES string of the molecule is C[C@H](C(=O)N1CCOCC1)[C@H]1CC[C@]2(C)Cc3sc(-c4ccsc4)nc3[C@H](C)[C@@H]2[C@H]1O. The number of carbonyl (C=O) groups excluding carboxylic acids is 1. The maximum Gasteiger partial charge on any atom is 0.225 e. The predicted octanol–water partition coefficient (Wildman–Crippen LogP) is 4.42. The van der Waals surface area contributed by atoms with Crippen molar-refractivity contribution in [3.05, 3.63) is 27.4 Å². The number of rotatable bonds is 3. The number of ether oxygens (including phenoxy) is 1. The quantitative estimate of drug-likeness (QED) is 0.737. The number of morpholine rings is 1. The zero-order valence-corrected chi connectivity index (χ0v) is 20.2. The highest BCUT2D eigenvalue weighted by Crippen LogP contribution is 2.57. The second-order valence-electron chi connectivity index (χ2n) is 9.90. The Morgan fingerprint density at radius 1 is 1.39 bits per heavy atom. The molecule has 5 nitrogen and oxygen atoms in total. The molecule has 7 heteroatoms. The van der Waals surface area contributed by atoms with E-state index < -0.39 is 6.10 Å². The van der Waals surface area contributed by atoms with Crippen LogP contribution in [0.1, 0.15) is 50.1 Å². The van der Waals surface area contributed by atoms with Gasteiger partial charge in [0.05, 0.1) is 25.0 Å². The molecule has 168 valence electrons. The highest BCUT2D eigenvalue weighted by atomic mass is 32.1. The first kappa shape index (κ1) is 21.6. The molecule has 1 saturated carbocycles. The molecule has 0 radical (unpaired) electrons. The van der Waals surface area contributed by atoms with E-state index in [1.165, 1.54) is 16.1 Å². The summed E-state index contributed by atoms with van der Waals surface area (Å²) in [6.07, 6.45) is 2.46. The molecule has 2 aromatic rings. The fraction of sp³-hybridized carbons (Fsp3) is 0.667. The van der Waals surface area contributed by atoms with Crippen molar-refractivity contribution in [2.24, 2.45) is 23.2 Å². The summed E-state index contributed by atoms with van der Waals surface area (Å²) in [7, 11) is 0. The minimum Gasteiger partial charge on any atom is -0.392 e. The summed E-state index contributed by atoms with van der Waals surface area (Å²) >= 11 is 3.53. The maximum atomic E-state index is 13.1. The van der Waals surface area contributed by atoms with E-state index in [0.29, 0.717) is 26.3 Å². The number of aliphatic hydroxyl groups excluding tert-OH is 1. The first-order valence-corrected chi connectivity index (χ1v) is 13.2. The van der Waals surface area contributed by atoms with Crippen LogP contribution in [0.25, 0.3) is 10.6 Å². The number of fused-ring (bicyclic) bond motifs is 2. The molecule has 0 spiro atoms. The Morgan fingerprint density at radius 3 is 2.87 bits per heavy atom. The summed E-state index contributed by atoms with van der Waals surface area (Å²) in [6, 6.07) is 2.14. The zero-order valence-electron chi connectivity index (χ0n) is 18.5. The van der Waals surface area contributed by atoms with Gasteiger partial charge in [-0.05, 0) is 48.0 Å². The largest absolute Gasteiger partial charge is 0.392 e. The number of aromatic nitrogens is 1. The molecular weight excluding hydrogens is 428 g/mol. The van der Waals surface area contributed by atoms with E-state index in [0.717, 1.165) is 24.3 Å². The normalized spacial score (nSPS) is 34.1. The van der Waals surface area contributed by atoms with Crippen LogP contribution >= 0.6 is 22.7 Å². The number of thiophene rings is 1. The minimum absolute atomic E-state index is 0.00685. The van der Waals surface area contributed by atoms with Crippen LogP contribution in [-0.2, 0) is 16.0 Å². The molecule has 31 heavy (non-hydrogen) atoms. The lowest BCUT2D eigenvalue weighted by atomic mass is 9.53. The van der Waals surface area contributed by atoms with Gasteiger partial charge in [-0.1, -0.05) is 20.8 Å². The van der Waals surface area contributed by atoms with E-state index in [-0.39, 0.29) is 35.0 Å². The molecule has 1 saturated heterocycles. The fourth-order valence-electron chi connectivity index (χ4n) is 6.31. The average molecular weight is 461 g/mol. The number of hydrogen-bond acceptors (Lipinski definition) is 6. The second kappa shape index (κ2) is 8.25. The molecule has 1 aliphatic heterocycles. The molecule has 6 atom stereocenters. The Labute approximate surface area is 192 Å². The van der Waals surface area contributed by atoms with Crippen molar-refractivity contribution in [2.45, 2.75) is 52.1 Å². The Kier molecular flexibility index (Phi) is 5.74. The van der Waals surface area contributed by atoms with Gasteiger partial charge in [-0.25, -0.2) is 4.98 Å². The predicted molar refractivity (Wildman–Crippen MR) is 124 cm³/mol. The molecule has 3 heterocycles. The van der Waals surface area contributed by atoms with E-state index in [2.05, 4.69) is 30.7 Å². The van der Waals surface area contributed by atoms with E-state index in [1.807, 2.05) is 23.2 Å². The van der Waals surface area contributed by atoms with E-state index in [1.54, 1.807) is 11.3 Å². The molecule has 1 N–H and O–H groups in total. The Hall–Kier alpha value is -1.28. The van der Waals surface area contributed by atoms with Gasteiger partial charge in [0, 0.05) is 40.7 Å². The minimum atomic E-state index is -0.479. The fourth-order valence-corrected chi connectivity index (χ4v) is 8.39. The molecule has 1 amide bonds. The van der Waals surface area contributed by atoms with Crippen LogP contribution in [0.2, 0.25) is 0 Å². The number of nitrogens with zero attached hydrogens (tertiary/aromatic N) is 2. The van der Waals surface area contributed by atoms with Gasteiger partial charge < -0.3 is 14.7 Å². The molecule has 5 rings (SSSR count). The standard InChI is InChI=1S/C24H32N2O3S2/c1-14(23(28)26-7-9-29-10-8-26)17-4-6-24(3)12-18-20(15(2)19(24)21(17)27)25-22(31-18)16-5-11-30-13-16/h5,11,13-15,17,19,21,27H,4,6-10,12H2,1-3H3/t14-,15+,17+,19+,21-,24+/m0/s1. The van der Waals surface area contributed by atoms with Crippen molar-refractivity contribution in [3.63, 3.8) is 0 Å². The van der Waals surface area contributed by atoms with Gasteiger partial charge in [-0.3, -0.25) is 4.79 Å². The third kappa shape index (κ3) is 3.67. The molecule has 3 aliphatic rings. The van der Waals surface area contributed by atoms with E-state index in [9.17, 15) is 9.90 Å². The summed E-state index contributed by atoms with van der Waals surface area (Å²) in [5, 5.41) is 17.0. The highest BCUT2D eigenvalue weighted by molar-refractivity contribution is 7.15.